The molecule has 4 aromatic carbocycles. The third-order valence-electron chi connectivity index (χ3n) is 12.0. The molecule has 2 fully saturated rings. The van der Waals surface area contributed by atoms with E-state index in [0.717, 1.165) is 73.9 Å². The number of nitrogens with zero attached hydrogens (tertiary/aromatic N) is 3. The zero-order valence-electron chi connectivity index (χ0n) is 32.5. The van der Waals surface area contributed by atoms with Crippen LogP contribution in [0.4, 0.5) is 11.4 Å². The van der Waals surface area contributed by atoms with Crippen molar-refractivity contribution >= 4 is 29.5 Å². The summed E-state index contributed by atoms with van der Waals surface area (Å²) < 4.78 is 6.17. The van der Waals surface area contributed by atoms with Crippen molar-refractivity contribution in [3.63, 3.8) is 0 Å². The van der Waals surface area contributed by atoms with Crippen LogP contribution >= 0.6 is 0 Å². The number of phenolic OH excluding ortho intramolecular Hbond substituents is 1. The monoisotopic (exact) mass is 757 g/mol. The van der Waals surface area contributed by atoms with E-state index in [1.165, 1.54) is 48.3 Å². The Hall–Kier alpha value is -5.35. The molecule has 0 spiro atoms. The lowest BCUT2D eigenvalue weighted by Gasteiger charge is -2.38. The van der Waals surface area contributed by atoms with Crippen LogP contribution < -0.4 is 25.2 Å². The SMILES string of the molecule is CNC(=O)CCCC=O.O=C1NCc2cc(N3CCN(CCC4CCN(c5ccc(C6c7ccc(O)cc7OCC6c6ccccc6)cc5)CC4)CC3)ccc21. The van der Waals surface area contributed by atoms with Crippen LogP contribution in [-0.2, 0) is 16.1 Å². The standard InChI is InChI=1S/C40H44N4O3.C6H11NO2/c45-34-11-13-36-38(25-34)47-27-37(29-4-2-1-3-5-29)39(36)30-6-8-32(9-7-30)43-18-15-28(16-19-43)14-17-42-20-22-44(23-21-42)33-10-12-35-31(24-33)26-41-40(35)46;1-7-6(9)4-2-3-5-8/h1-13,24-25,28,37,39,45H,14-23,26-27H2,(H,41,46);5H,2-4H2,1H3,(H,7,9). The Labute approximate surface area is 330 Å². The summed E-state index contributed by atoms with van der Waals surface area (Å²) in [6.07, 6.45) is 6.18. The molecule has 4 aliphatic rings. The molecule has 8 rings (SSSR count). The zero-order chi connectivity index (χ0) is 38.9. The molecule has 4 aromatic rings. The summed E-state index contributed by atoms with van der Waals surface area (Å²) in [6, 6.07) is 31.7. The van der Waals surface area contributed by atoms with E-state index < -0.39 is 0 Å². The minimum Gasteiger partial charge on any atom is -0.508 e. The van der Waals surface area contributed by atoms with Gasteiger partial charge in [-0.3, -0.25) is 14.5 Å². The van der Waals surface area contributed by atoms with Crippen molar-refractivity contribution in [3.05, 3.63) is 119 Å². The second-order valence-electron chi connectivity index (χ2n) is 15.4. The molecule has 3 N–H and O–H groups in total. The van der Waals surface area contributed by atoms with Crippen LogP contribution in [0.1, 0.15) is 83.0 Å². The summed E-state index contributed by atoms with van der Waals surface area (Å²) in [5.41, 5.74) is 8.21. The van der Waals surface area contributed by atoms with E-state index in [9.17, 15) is 19.5 Å². The normalized spacial score (nSPS) is 19.5. The predicted molar refractivity (Wildman–Crippen MR) is 221 cm³/mol. The maximum absolute atomic E-state index is 11.9. The number of aromatic hydroxyl groups is 1. The van der Waals surface area contributed by atoms with Gasteiger partial charge in [0.15, 0.2) is 0 Å². The Morgan fingerprint density at radius 1 is 0.875 bits per heavy atom. The second kappa shape index (κ2) is 18.5. The number of piperidine rings is 1. The summed E-state index contributed by atoms with van der Waals surface area (Å²) in [4.78, 5) is 39.8. The van der Waals surface area contributed by atoms with Gasteiger partial charge in [0.05, 0.1) is 6.61 Å². The highest BCUT2D eigenvalue weighted by atomic mass is 16.5. The lowest BCUT2D eigenvalue weighted by Crippen LogP contribution is -2.47. The molecule has 10 heteroatoms. The van der Waals surface area contributed by atoms with Gasteiger partial charge in [-0.15, -0.1) is 0 Å². The Morgan fingerprint density at radius 3 is 2.34 bits per heavy atom. The van der Waals surface area contributed by atoms with Gasteiger partial charge >= 0.3 is 0 Å². The molecule has 10 nitrogen and oxygen atoms in total. The molecule has 4 aliphatic heterocycles. The molecular formula is C46H55N5O5. The Bertz CT molecular complexity index is 1940. The van der Waals surface area contributed by atoms with E-state index in [4.69, 9.17) is 4.74 Å². The molecule has 294 valence electrons. The summed E-state index contributed by atoms with van der Waals surface area (Å²) >= 11 is 0. The zero-order valence-corrected chi connectivity index (χ0v) is 32.5. The lowest BCUT2D eigenvalue weighted by atomic mass is 9.76. The highest BCUT2D eigenvalue weighted by Crippen LogP contribution is 2.47. The number of hydrogen-bond donors (Lipinski definition) is 3. The van der Waals surface area contributed by atoms with Crippen LogP contribution in [0, 0.1) is 5.92 Å². The highest BCUT2D eigenvalue weighted by Gasteiger charge is 2.34. The van der Waals surface area contributed by atoms with Gasteiger partial charge < -0.3 is 35.1 Å². The van der Waals surface area contributed by atoms with E-state index in [2.05, 4.69) is 92.1 Å². The Balaban J connectivity index is 0.000000478. The first-order chi connectivity index (χ1) is 27.4. The number of carbonyl (C=O) groups excluding carboxylic acids is 3. The number of amides is 2. The van der Waals surface area contributed by atoms with Crippen LogP contribution in [-0.4, -0.2) is 87.6 Å². The van der Waals surface area contributed by atoms with E-state index in [0.29, 0.717) is 32.4 Å². The predicted octanol–water partition coefficient (Wildman–Crippen LogP) is 6.47. The number of carbonyl (C=O) groups is 3. The van der Waals surface area contributed by atoms with Crippen LogP contribution in [0.2, 0.25) is 0 Å². The fourth-order valence-corrected chi connectivity index (χ4v) is 8.65. The third kappa shape index (κ3) is 9.36. The van der Waals surface area contributed by atoms with Crippen molar-refractivity contribution in [1.82, 2.24) is 15.5 Å². The first-order valence-corrected chi connectivity index (χ1v) is 20.3. The van der Waals surface area contributed by atoms with Crippen LogP contribution in [0.25, 0.3) is 0 Å². The number of ether oxygens (including phenoxy) is 1. The number of benzene rings is 4. The highest BCUT2D eigenvalue weighted by molar-refractivity contribution is 5.98. The van der Waals surface area contributed by atoms with Gasteiger partial charge in [0.1, 0.15) is 17.8 Å². The molecule has 56 heavy (non-hydrogen) atoms. The number of hydrogen-bond acceptors (Lipinski definition) is 8. The minimum atomic E-state index is -0.00292. The minimum absolute atomic E-state index is 0.00292. The smallest absolute Gasteiger partial charge is 0.251 e. The number of piperazine rings is 1. The van der Waals surface area contributed by atoms with E-state index in [1.807, 2.05) is 12.1 Å². The number of fused-ring (bicyclic) bond motifs is 2. The molecule has 0 aliphatic carbocycles. The molecule has 0 saturated carbocycles. The fourth-order valence-electron chi connectivity index (χ4n) is 8.65. The quantitative estimate of drug-likeness (QED) is 0.118. The average Bonchev–Trinajstić information content (AvgIpc) is 3.62. The maximum atomic E-state index is 11.9. The number of unbranched alkanes of at least 4 members (excludes halogenated alkanes) is 1. The van der Waals surface area contributed by atoms with Gasteiger partial charge in [-0.05, 0) is 91.2 Å². The van der Waals surface area contributed by atoms with Gasteiger partial charge in [-0.2, -0.15) is 0 Å². The van der Waals surface area contributed by atoms with Gasteiger partial charge in [0.2, 0.25) is 5.91 Å². The van der Waals surface area contributed by atoms with Crippen molar-refractivity contribution in [1.29, 1.82) is 0 Å². The number of rotatable bonds is 11. The molecule has 4 heterocycles. The summed E-state index contributed by atoms with van der Waals surface area (Å²) in [6.45, 7) is 8.94. The Morgan fingerprint density at radius 2 is 1.61 bits per heavy atom. The van der Waals surface area contributed by atoms with Gasteiger partial charge in [0.25, 0.3) is 5.91 Å². The topological polar surface area (TPSA) is 114 Å². The van der Waals surface area contributed by atoms with Crippen molar-refractivity contribution in [2.24, 2.45) is 5.92 Å². The first kappa shape index (κ1) is 38.9. The third-order valence-corrected chi connectivity index (χ3v) is 12.0. The van der Waals surface area contributed by atoms with Gasteiger partial charge in [-0.25, -0.2) is 0 Å². The molecule has 2 amide bonds. The molecule has 2 atom stereocenters. The number of phenols is 1. The Kier molecular flexibility index (Phi) is 12.9. The van der Waals surface area contributed by atoms with E-state index in [-0.39, 0.29) is 29.4 Å². The summed E-state index contributed by atoms with van der Waals surface area (Å²) in [7, 11) is 1.59. The number of anilines is 2. The van der Waals surface area contributed by atoms with Gasteiger partial charge in [-0.1, -0.05) is 48.5 Å². The maximum Gasteiger partial charge on any atom is 0.251 e. The summed E-state index contributed by atoms with van der Waals surface area (Å²) in [5, 5.41) is 15.5. The van der Waals surface area contributed by atoms with E-state index in [1.54, 1.807) is 19.2 Å². The van der Waals surface area contributed by atoms with Gasteiger partial charge in [0, 0.05) is 106 Å². The lowest BCUT2D eigenvalue weighted by molar-refractivity contribution is -0.120. The molecule has 0 radical (unpaired) electrons. The summed E-state index contributed by atoms with van der Waals surface area (Å²) in [5.74, 6) is 2.24. The second-order valence-corrected chi connectivity index (χ2v) is 15.4. The van der Waals surface area contributed by atoms with Crippen LogP contribution in [0.3, 0.4) is 0 Å². The van der Waals surface area contributed by atoms with Crippen molar-refractivity contribution < 1.29 is 24.2 Å². The largest absolute Gasteiger partial charge is 0.508 e. The van der Waals surface area contributed by atoms with Crippen LogP contribution in [0.5, 0.6) is 11.5 Å². The molecule has 2 unspecified atom stereocenters. The van der Waals surface area contributed by atoms with Crippen molar-refractivity contribution in [2.75, 3.05) is 69.3 Å². The average molecular weight is 758 g/mol. The fraction of sp³-hybridized carbons (Fsp3) is 0.413. The number of aldehydes is 1. The van der Waals surface area contributed by atoms with Crippen molar-refractivity contribution in [3.8, 4) is 11.5 Å². The molecular weight excluding hydrogens is 703 g/mol. The first-order valence-electron chi connectivity index (χ1n) is 20.3. The van der Waals surface area contributed by atoms with Crippen LogP contribution in [0.15, 0.2) is 91.0 Å². The van der Waals surface area contributed by atoms with E-state index >= 15 is 0 Å². The molecule has 2 saturated heterocycles. The molecule has 0 bridgehead atoms. The molecule has 0 aromatic heterocycles. The van der Waals surface area contributed by atoms with Crippen molar-refractivity contribution in [2.45, 2.75) is 56.9 Å². The number of nitrogens with one attached hydrogen (secondary N) is 2.